The number of hydrogen-bond acceptors (Lipinski definition) is 4. The summed E-state index contributed by atoms with van der Waals surface area (Å²) in [7, 11) is -3.53. The Bertz CT molecular complexity index is 1040. The van der Waals surface area contributed by atoms with Gasteiger partial charge in [-0.25, -0.2) is 8.42 Å². The second-order valence-corrected chi connectivity index (χ2v) is 10.3. The van der Waals surface area contributed by atoms with Crippen molar-refractivity contribution in [1.82, 2.24) is 9.21 Å². The fraction of sp³-hybridized carbons (Fsp3) is 0.435. The van der Waals surface area contributed by atoms with Crippen LogP contribution in [0.3, 0.4) is 0 Å². The van der Waals surface area contributed by atoms with E-state index in [9.17, 15) is 13.2 Å². The molecule has 1 amide bonds. The van der Waals surface area contributed by atoms with Gasteiger partial charge in [-0.05, 0) is 48.1 Å². The van der Waals surface area contributed by atoms with E-state index in [0.29, 0.717) is 30.8 Å². The second kappa shape index (κ2) is 7.80. The Morgan fingerprint density at radius 1 is 0.833 bits per heavy atom. The molecule has 0 aromatic heterocycles. The number of nitrogens with zero attached hydrogens (tertiary/aromatic N) is 3. The van der Waals surface area contributed by atoms with Gasteiger partial charge in [-0.15, -0.1) is 0 Å². The number of benzene rings is 2. The van der Waals surface area contributed by atoms with Gasteiger partial charge in [0.1, 0.15) is 0 Å². The zero-order valence-corrected chi connectivity index (χ0v) is 17.9. The Morgan fingerprint density at radius 3 is 2.27 bits per heavy atom. The standard InChI is InChI=1S/C23H27N3O3S/c27-22-9-8-20-16-21(15-19-7-4-10-26(22)23(19)20)30(28,29)25-13-11-24(12-14-25)17-18-5-2-1-3-6-18/h1-3,5-6,15-16H,4,7-14,17H2. The van der Waals surface area contributed by atoms with E-state index in [4.69, 9.17) is 0 Å². The molecule has 0 saturated carbocycles. The van der Waals surface area contributed by atoms with Crippen LogP contribution in [-0.4, -0.2) is 56.3 Å². The van der Waals surface area contributed by atoms with Gasteiger partial charge in [-0.1, -0.05) is 30.3 Å². The molecule has 3 aliphatic rings. The molecule has 1 fully saturated rings. The molecular formula is C23H27N3O3S. The third kappa shape index (κ3) is 3.55. The van der Waals surface area contributed by atoms with Crippen LogP contribution in [0.1, 0.15) is 29.5 Å². The van der Waals surface area contributed by atoms with Crippen LogP contribution >= 0.6 is 0 Å². The maximum Gasteiger partial charge on any atom is 0.243 e. The smallest absolute Gasteiger partial charge is 0.243 e. The number of rotatable bonds is 4. The van der Waals surface area contributed by atoms with Crippen molar-refractivity contribution in [2.45, 2.75) is 37.1 Å². The molecule has 3 aliphatic heterocycles. The van der Waals surface area contributed by atoms with Crippen LogP contribution in [0.5, 0.6) is 0 Å². The Labute approximate surface area is 178 Å². The molecule has 1 saturated heterocycles. The van der Waals surface area contributed by atoms with Crippen molar-refractivity contribution in [3.8, 4) is 0 Å². The van der Waals surface area contributed by atoms with E-state index in [-0.39, 0.29) is 5.91 Å². The van der Waals surface area contributed by atoms with E-state index in [0.717, 1.165) is 55.8 Å². The van der Waals surface area contributed by atoms with E-state index < -0.39 is 10.0 Å². The quantitative estimate of drug-likeness (QED) is 0.755. The summed E-state index contributed by atoms with van der Waals surface area (Å²) in [6.07, 6.45) is 2.82. The van der Waals surface area contributed by atoms with Crippen LogP contribution in [0.25, 0.3) is 0 Å². The number of amides is 1. The third-order valence-corrected chi connectivity index (χ3v) is 8.34. The average molecular weight is 426 g/mol. The van der Waals surface area contributed by atoms with Gasteiger partial charge in [0.15, 0.2) is 0 Å². The molecule has 5 rings (SSSR count). The molecule has 0 bridgehead atoms. The number of sulfonamides is 1. The summed E-state index contributed by atoms with van der Waals surface area (Å²) in [6.45, 7) is 4.07. The number of carbonyl (C=O) groups is 1. The highest BCUT2D eigenvalue weighted by molar-refractivity contribution is 7.89. The van der Waals surface area contributed by atoms with E-state index in [1.165, 1.54) is 5.56 Å². The van der Waals surface area contributed by atoms with Gasteiger partial charge in [0, 0.05) is 45.7 Å². The van der Waals surface area contributed by atoms with Gasteiger partial charge < -0.3 is 4.90 Å². The predicted octanol–water partition coefficient (Wildman–Crippen LogP) is 2.42. The molecule has 2 aromatic carbocycles. The SMILES string of the molecule is O=C1CCc2cc(S(=O)(=O)N3CCN(Cc4ccccc4)CC3)cc3c2N1CCC3. The zero-order valence-electron chi connectivity index (χ0n) is 17.1. The first-order valence-electron chi connectivity index (χ1n) is 10.7. The number of anilines is 1. The van der Waals surface area contributed by atoms with Crippen molar-refractivity contribution >= 4 is 21.6 Å². The largest absolute Gasteiger partial charge is 0.312 e. The highest BCUT2D eigenvalue weighted by Gasteiger charge is 2.34. The van der Waals surface area contributed by atoms with Crippen molar-refractivity contribution in [1.29, 1.82) is 0 Å². The summed E-state index contributed by atoms with van der Waals surface area (Å²) in [6, 6.07) is 13.9. The number of piperazine rings is 1. The van der Waals surface area contributed by atoms with Gasteiger partial charge >= 0.3 is 0 Å². The lowest BCUT2D eigenvalue weighted by Gasteiger charge is -2.37. The predicted molar refractivity (Wildman–Crippen MR) is 116 cm³/mol. The van der Waals surface area contributed by atoms with Crippen molar-refractivity contribution < 1.29 is 13.2 Å². The average Bonchev–Trinajstić information content (AvgIpc) is 2.77. The van der Waals surface area contributed by atoms with E-state index in [1.807, 2.05) is 35.2 Å². The summed E-state index contributed by atoms with van der Waals surface area (Å²) in [5, 5.41) is 0. The Hall–Kier alpha value is -2.22. The van der Waals surface area contributed by atoms with Crippen molar-refractivity contribution in [2.75, 3.05) is 37.6 Å². The fourth-order valence-electron chi connectivity index (χ4n) is 4.89. The molecule has 0 atom stereocenters. The maximum atomic E-state index is 13.4. The van der Waals surface area contributed by atoms with Crippen LogP contribution in [0, 0.1) is 0 Å². The van der Waals surface area contributed by atoms with E-state index in [1.54, 1.807) is 4.31 Å². The molecule has 6 nitrogen and oxygen atoms in total. The Morgan fingerprint density at radius 2 is 1.53 bits per heavy atom. The molecule has 0 spiro atoms. The first-order chi connectivity index (χ1) is 14.5. The van der Waals surface area contributed by atoms with Crippen LogP contribution in [0.15, 0.2) is 47.4 Å². The molecular weight excluding hydrogens is 398 g/mol. The fourth-order valence-corrected chi connectivity index (χ4v) is 6.41. The molecule has 2 aromatic rings. The summed E-state index contributed by atoms with van der Waals surface area (Å²) >= 11 is 0. The lowest BCUT2D eigenvalue weighted by molar-refractivity contribution is -0.119. The molecule has 0 radical (unpaired) electrons. The maximum absolute atomic E-state index is 13.4. The lowest BCUT2D eigenvalue weighted by Crippen LogP contribution is -2.48. The summed E-state index contributed by atoms with van der Waals surface area (Å²) in [4.78, 5) is 16.8. The zero-order chi connectivity index (χ0) is 20.7. The summed E-state index contributed by atoms with van der Waals surface area (Å²) in [5.74, 6) is 0.161. The minimum atomic E-state index is -3.53. The highest BCUT2D eigenvalue weighted by Crippen LogP contribution is 2.38. The number of hydrogen-bond donors (Lipinski definition) is 0. The topological polar surface area (TPSA) is 60.9 Å². The Kier molecular flexibility index (Phi) is 5.13. The second-order valence-electron chi connectivity index (χ2n) is 8.40. The number of carbonyl (C=O) groups excluding carboxylic acids is 1. The van der Waals surface area contributed by atoms with Crippen LogP contribution in [0.2, 0.25) is 0 Å². The molecule has 3 heterocycles. The Balaban J connectivity index is 1.34. The van der Waals surface area contributed by atoms with Crippen LogP contribution in [-0.2, 0) is 34.2 Å². The van der Waals surface area contributed by atoms with Gasteiger partial charge in [0.25, 0.3) is 0 Å². The van der Waals surface area contributed by atoms with Crippen LogP contribution < -0.4 is 4.90 Å². The number of aryl methyl sites for hydroxylation is 2. The highest BCUT2D eigenvalue weighted by atomic mass is 32.2. The molecule has 30 heavy (non-hydrogen) atoms. The van der Waals surface area contributed by atoms with Gasteiger partial charge in [-0.3, -0.25) is 9.69 Å². The van der Waals surface area contributed by atoms with Crippen LogP contribution in [0.4, 0.5) is 5.69 Å². The third-order valence-electron chi connectivity index (χ3n) is 6.47. The van der Waals surface area contributed by atoms with Crippen molar-refractivity contribution in [2.24, 2.45) is 0 Å². The minimum Gasteiger partial charge on any atom is -0.312 e. The molecule has 7 heteroatoms. The van der Waals surface area contributed by atoms with Gasteiger partial charge in [0.2, 0.25) is 15.9 Å². The van der Waals surface area contributed by atoms with E-state index >= 15 is 0 Å². The molecule has 0 unspecified atom stereocenters. The lowest BCUT2D eigenvalue weighted by atomic mass is 9.92. The van der Waals surface area contributed by atoms with Gasteiger partial charge in [-0.2, -0.15) is 4.31 Å². The summed E-state index contributed by atoms with van der Waals surface area (Å²) in [5.41, 5.74) is 4.24. The minimum absolute atomic E-state index is 0.161. The summed E-state index contributed by atoms with van der Waals surface area (Å²) < 4.78 is 28.4. The van der Waals surface area contributed by atoms with E-state index in [2.05, 4.69) is 17.0 Å². The first kappa shape index (κ1) is 19.7. The van der Waals surface area contributed by atoms with Crippen molar-refractivity contribution in [3.05, 3.63) is 59.2 Å². The van der Waals surface area contributed by atoms with Crippen molar-refractivity contribution in [3.63, 3.8) is 0 Å². The molecule has 0 N–H and O–H groups in total. The van der Waals surface area contributed by atoms with Gasteiger partial charge in [0.05, 0.1) is 10.6 Å². The molecule has 158 valence electrons. The first-order valence-corrected chi connectivity index (χ1v) is 12.2. The normalized spacial score (nSPS) is 20.3. The monoisotopic (exact) mass is 425 g/mol. The molecule has 0 aliphatic carbocycles.